The number of thiophene rings is 1. The van der Waals surface area contributed by atoms with Crippen LogP contribution in [0.5, 0.6) is 0 Å². The molecule has 1 aliphatic heterocycles. The fraction of sp³-hybridized carbons (Fsp3) is 0.600. The highest BCUT2D eigenvalue weighted by Gasteiger charge is 2.30. The van der Waals surface area contributed by atoms with E-state index < -0.39 is 10.0 Å². The Morgan fingerprint density at radius 2 is 2.38 bits per heavy atom. The van der Waals surface area contributed by atoms with Crippen molar-refractivity contribution < 1.29 is 8.42 Å². The van der Waals surface area contributed by atoms with E-state index in [1.165, 1.54) is 11.3 Å². The lowest BCUT2D eigenvalue weighted by molar-refractivity contribution is 0.286. The Morgan fingerprint density at radius 3 is 3.00 bits per heavy atom. The Kier molecular flexibility index (Phi) is 4.05. The van der Waals surface area contributed by atoms with Gasteiger partial charge in [0.05, 0.1) is 0 Å². The summed E-state index contributed by atoms with van der Waals surface area (Å²) >= 11 is 4.73. The van der Waals surface area contributed by atoms with Gasteiger partial charge in [-0.05, 0) is 30.2 Å². The van der Waals surface area contributed by atoms with Crippen molar-refractivity contribution in [2.45, 2.75) is 17.1 Å². The number of hydrogen-bond donors (Lipinski definition) is 0. The van der Waals surface area contributed by atoms with Crippen molar-refractivity contribution in [1.29, 1.82) is 0 Å². The zero-order valence-electron chi connectivity index (χ0n) is 8.80. The normalized spacial score (nSPS) is 23.4. The number of piperidine rings is 1. The molecule has 2 rings (SSSR count). The molecule has 0 amide bonds. The molecule has 6 heteroatoms. The number of sulfonamides is 1. The van der Waals surface area contributed by atoms with Gasteiger partial charge in [0.25, 0.3) is 10.0 Å². The lowest BCUT2D eigenvalue weighted by atomic mass is 10.0. The maximum Gasteiger partial charge on any atom is 0.252 e. The molecule has 0 N–H and O–H groups in total. The first-order valence-electron chi connectivity index (χ1n) is 5.24. The Morgan fingerprint density at radius 1 is 1.56 bits per heavy atom. The van der Waals surface area contributed by atoms with Crippen LogP contribution in [-0.4, -0.2) is 31.1 Å². The predicted octanol–water partition coefficient (Wildman–Crippen LogP) is 2.54. The van der Waals surface area contributed by atoms with Crippen molar-refractivity contribution in [1.82, 2.24) is 4.31 Å². The van der Waals surface area contributed by atoms with Crippen LogP contribution in [0.3, 0.4) is 0 Å². The van der Waals surface area contributed by atoms with E-state index in [1.807, 2.05) is 0 Å². The monoisotopic (exact) mass is 323 g/mol. The lowest BCUT2D eigenvalue weighted by Crippen LogP contribution is -2.40. The third-order valence-corrected chi connectivity index (χ3v) is 6.94. The highest BCUT2D eigenvalue weighted by atomic mass is 79.9. The van der Waals surface area contributed by atoms with Crippen LogP contribution in [0.25, 0.3) is 0 Å². The number of halogens is 1. The van der Waals surface area contributed by atoms with Crippen molar-refractivity contribution in [3.63, 3.8) is 0 Å². The minimum Gasteiger partial charge on any atom is -0.206 e. The molecular formula is C10H14BrNO2S2. The van der Waals surface area contributed by atoms with Gasteiger partial charge in [0.15, 0.2) is 0 Å². The summed E-state index contributed by atoms with van der Waals surface area (Å²) in [6, 6.07) is 3.46. The molecule has 0 aliphatic carbocycles. The fourth-order valence-electron chi connectivity index (χ4n) is 1.91. The van der Waals surface area contributed by atoms with E-state index in [1.54, 1.807) is 21.8 Å². The second-order valence-corrected chi connectivity index (χ2v) is 7.72. The van der Waals surface area contributed by atoms with Gasteiger partial charge < -0.3 is 0 Å². The van der Waals surface area contributed by atoms with E-state index in [0.29, 0.717) is 23.2 Å². The van der Waals surface area contributed by atoms with Crippen LogP contribution in [0.2, 0.25) is 0 Å². The van der Waals surface area contributed by atoms with Crippen LogP contribution in [0.15, 0.2) is 21.7 Å². The second-order valence-electron chi connectivity index (χ2n) is 3.96. The maximum absolute atomic E-state index is 12.2. The second kappa shape index (κ2) is 5.16. The first kappa shape index (κ1) is 12.5. The smallest absolute Gasteiger partial charge is 0.206 e. The van der Waals surface area contributed by atoms with Crippen molar-refractivity contribution in [2.75, 3.05) is 18.4 Å². The summed E-state index contributed by atoms with van der Waals surface area (Å²) in [5, 5.41) is 2.68. The van der Waals surface area contributed by atoms with E-state index >= 15 is 0 Å². The average Bonchev–Trinajstić information content (AvgIpc) is 2.83. The highest BCUT2D eigenvalue weighted by Crippen LogP contribution is 2.26. The molecule has 3 nitrogen and oxygen atoms in total. The Balaban J connectivity index is 2.18. The average molecular weight is 324 g/mol. The van der Waals surface area contributed by atoms with Gasteiger partial charge in [-0.15, -0.1) is 11.3 Å². The summed E-state index contributed by atoms with van der Waals surface area (Å²) in [7, 11) is -3.23. The number of rotatable bonds is 3. The minimum atomic E-state index is -3.23. The van der Waals surface area contributed by atoms with Crippen LogP contribution < -0.4 is 0 Å². The van der Waals surface area contributed by atoms with Gasteiger partial charge in [0.2, 0.25) is 0 Å². The zero-order chi connectivity index (χ0) is 11.6. The Hall–Kier alpha value is 0.0900. The van der Waals surface area contributed by atoms with Crippen LogP contribution in [0.4, 0.5) is 0 Å². The van der Waals surface area contributed by atoms with Crippen LogP contribution in [-0.2, 0) is 10.0 Å². The first-order valence-corrected chi connectivity index (χ1v) is 8.68. The third-order valence-electron chi connectivity index (χ3n) is 2.79. The molecule has 0 aromatic carbocycles. The largest absolute Gasteiger partial charge is 0.252 e. The van der Waals surface area contributed by atoms with Crippen molar-refractivity contribution >= 4 is 37.3 Å². The van der Waals surface area contributed by atoms with Crippen LogP contribution in [0, 0.1) is 5.92 Å². The molecule has 1 unspecified atom stereocenters. The number of nitrogens with zero attached hydrogens (tertiary/aromatic N) is 1. The number of hydrogen-bond acceptors (Lipinski definition) is 3. The van der Waals surface area contributed by atoms with Gasteiger partial charge in [-0.25, -0.2) is 8.42 Å². The van der Waals surface area contributed by atoms with E-state index in [9.17, 15) is 8.42 Å². The van der Waals surface area contributed by atoms with Gasteiger partial charge in [0, 0.05) is 18.4 Å². The zero-order valence-corrected chi connectivity index (χ0v) is 12.0. The van der Waals surface area contributed by atoms with Crippen molar-refractivity contribution in [3.05, 3.63) is 17.5 Å². The summed E-state index contributed by atoms with van der Waals surface area (Å²) in [5.41, 5.74) is 0. The molecule has 1 atom stereocenters. The molecule has 1 aromatic heterocycles. The van der Waals surface area contributed by atoms with E-state index in [2.05, 4.69) is 15.9 Å². The molecule has 0 bridgehead atoms. The summed E-state index contributed by atoms with van der Waals surface area (Å²) < 4.78 is 26.5. The van der Waals surface area contributed by atoms with Crippen molar-refractivity contribution in [2.24, 2.45) is 5.92 Å². The molecule has 0 saturated carbocycles. The molecular weight excluding hydrogens is 310 g/mol. The van der Waals surface area contributed by atoms with Crippen LogP contribution in [0.1, 0.15) is 12.8 Å². The van der Waals surface area contributed by atoms with Gasteiger partial charge in [-0.2, -0.15) is 4.31 Å². The number of alkyl halides is 1. The fourth-order valence-corrected chi connectivity index (χ4v) is 5.14. The summed E-state index contributed by atoms with van der Waals surface area (Å²) in [6.45, 7) is 1.30. The summed E-state index contributed by atoms with van der Waals surface area (Å²) in [6.07, 6.45) is 2.07. The molecule has 1 saturated heterocycles. The van der Waals surface area contributed by atoms with Gasteiger partial charge >= 0.3 is 0 Å². The molecule has 0 radical (unpaired) electrons. The topological polar surface area (TPSA) is 37.4 Å². The molecule has 0 spiro atoms. The maximum atomic E-state index is 12.2. The Bertz CT molecular complexity index is 430. The molecule has 1 aliphatic rings. The van der Waals surface area contributed by atoms with E-state index in [4.69, 9.17) is 0 Å². The molecule has 2 heterocycles. The third kappa shape index (κ3) is 2.50. The molecule has 90 valence electrons. The molecule has 1 fully saturated rings. The first-order chi connectivity index (χ1) is 7.64. The summed E-state index contributed by atoms with van der Waals surface area (Å²) in [4.78, 5) is 0. The quantitative estimate of drug-likeness (QED) is 0.802. The van der Waals surface area contributed by atoms with Gasteiger partial charge in [-0.3, -0.25) is 0 Å². The SMILES string of the molecule is O=S(=O)(c1cccs1)N1CCCC(CBr)C1. The predicted molar refractivity (Wildman–Crippen MR) is 69.6 cm³/mol. The Labute approximate surface area is 109 Å². The standard InChI is InChI=1S/C10H14BrNO2S2/c11-7-9-3-1-5-12(8-9)16(13,14)10-4-2-6-15-10/h2,4,6,9H,1,3,5,7-8H2. The van der Waals surface area contributed by atoms with E-state index in [-0.39, 0.29) is 0 Å². The minimum absolute atomic E-state index is 0.448. The molecule has 1 aromatic rings. The van der Waals surface area contributed by atoms with Gasteiger partial charge in [0.1, 0.15) is 4.21 Å². The lowest BCUT2D eigenvalue weighted by Gasteiger charge is -2.30. The van der Waals surface area contributed by atoms with Crippen molar-refractivity contribution in [3.8, 4) is 0 Å². The summed E-state index contributed by atoms with van der Waals surface area (Å²) in [5.74, 6) is 0.448. The van der Waals surface area contributed by atoms with Crippen LogP contribution >= 0.6 is 27.3 Å². The van der Waals surface area contributed by atoms with Gasteiger partial charge in [-0.1, -0.05) is 22.0 Å². The van der Waals surface area contributed by atoms with E-state index in [0.717, 1.165) is 18.2 Å². The molecule has 16 heavy (non-hydrogen) atoms. The highest BCUT2D eigenvalue weighted by molar-refractivity contribution is 9.09.